The van der Waals surface area contributed by atoms with Crippen LogP contribution in [0.4, 0.5) is 0 Å². The van der Waals surface area contributed by atoms with Gasteiger partial charge in [0, 0.05) is 6.42 Å². The number of aliphatic hydroxyl groups excluding tert-OH is 2. The third kappa shape index (κ3) is 5.14. The quantitative estimate of drug-likeness (QED) is 0.658. The van der Waals surface area contributed by atoms with Gasteiger partial charge in [-0.25, -0.2) is 0 Å². The van der Waals surface area contributed by atoms with Crippen LogP contribution in [0.1, 0.15) is 19.8 Å². The van der Waals surface area contributed by atoms with E-state index in [4.69, 9.17) is 9.47 Å². The number of carbonyl (C=O) groups excluding carboxylic acids is 1. The average Bonchev–Trinajstić information content (AvgIpc) is 2.72. The van der Waals surface area contributed by atoms with Crippen LogP contribution in [-0.4, -0.2) is 59.7 Å². The van der Waals surface area contributed by atoms with Crippen molar-refractivity contribution >= 4 is 17.7 Å². The predicted octanol–water partition coefficient (Wildman–Crippen LogP) is 0.430. The molecule has 1 aliphatic heterocycles. The van der Waals surface area contributed by atoms with E-state index in [0.717, 1.165) is 5.75 Å². The van der Waals surface area contributed by atoms with Crippen LogP contribution in [0.15, 0.2) is 0 Å². The predicted molar refractivity (Wildman–Crippen MR) is 69.5 cm³/mol. The lowest BCUT2D eigenvalue weighted by Crippen LogP contribution is -2.30. The minimum atomic E-state index is -0.709. The fourth-order valence-corrected chi connectivity index (χ4v) is 2.38. The second kappa shape index (κ2) is 7.99. The number of ether oxygens (including phenoxy) is 2. The molecule has 1 aliphatic rings. The Morgan fingerprint density at radius 3 is 2.83 bits per heavy atom. The summed E-state index contributed by atoms with van der Waals surface area (Å²) in [6, 6.07) is 0. The molecule has 5 nitrogen and oxygen atoms in total. The van der Waals surface area contributed by atoms with Gasteiger partial charge in [-0.05, 0) is 25.4 Å². The van der Waals surface area contributed by atoms with Crippen LogP contribution in [0, 0.1) is 5.92 Å². The van der Waals surface area contributed by atoms with Gasteiger partial charge in [-0.3, -0.25) is 4.79 Å². The van der Waals surface area contributed by atoms with Gasteiger partial charge in [-0.1, -0.05) is 0 Å². The first-order valence-electron chi connectivity index (χ1n) is 6.18. The lowest BCUT2D eigenvalue weighted by Gasteiger charge is -2.19. The van der Waals surface area contributed by atoms with Gasteiger partial charge < -0.3 is 19.7 Å². The molecule has 1 heterocycles. The first-order chi connectivity index (χ1) is 8.54. The number of hydrogen-bond acceptors (Lipinski definition) is 6. The Morgan fingerprint density at radius 1 is 1.61 bits per heavy atom. The van der Waals surface area contributed by atoms with Gasteiger partial charge in [0.05, 0.1) is 30.8 Å². The Bertz CT molecular complexity index is 259. The Balaban J connectivity index is 2.32. The van der Waals surface area contributed by atoms with Gasteiger partial charge in [-0.15, -0.1) is 0 Å². The zero-order valence-corrected chi connectivity index (χ0v) is 11.7. The summed E-state index contributed by atoms with van der Waals surface area (Å²) < 4.78 is 10.4. The summed E-state index contributed by atoms with van der Waals surface area (Å²) >= 11 is 1.63. The van der Waals surface area contributed by atoms with Gasteiger partial charge >= 0.3 is 5.97 Å². The lowest BCUT2D eigenvalue weighted by atomic mass is 10.0. The highest BCUT2D eigenvalue weighted by Gasteiger charge is 2.28. The second-order valence-corrected chi connectivity index (χ2v) is 5.59. The fourth-order valence-electron chi connectivity index (χ4n) is 1.89. The van der Waals surface area contributed by atoms with E-state index in [-0.39, 0.29) is 18.7 Å². The van der Waals surface area contributed by atoms with Crippen molar-refractivity contribution in [3.05, 3.63) is 0 Å². The summed E-state index contributed by atoms with van der Waals surface area (Å²) in [7, 11) is 0. The van der Waals surface area contributed by atoms with Crippen molar-refractivity contribution in [2.75, 3.05) is 25.2 Å². The molecule has 18 heavy (non-hydrogen) atoms. The van der Waals surface area contributed by atoms with E-state index in [2.05, 4.69) is 0 Å². The van der Waals surface area contributed by atoms with E-state index in [1.54, 1.807) is 18.7 Å². The number of carbonyl (C=O) groups is 1. The standard InChI is InChI=1S/C12H22O5S/c1-8(13)11(3-4-18-2)12(15)17-7-10-5-9(14)6-16-10/h8-11,13-14H,3-7H2,1-2H3/t8-,9+,10+,11-/m1/s1. The minimum Gasteiger partial charge on any atom is -0.463 e. The maximum atomic E-state index is 11.8. The first-order valence-corrected chi connectivity index (χ1v) is 7.57. The summed E-state index contributed by atoms with van der Waals surface area (Å²) in [4.78, 5) is 11.8. The number of hydrogen-bond donors (Lipinski definition) is 2. The van der Waals surface area contributed by atoms with E-state index < -0.39 is 18.1 Å². The largest absolute Gasteiger partial charge is 0.463 e. The van der Waals surface area contributed by atoms with Crippen LogP contribution >= 0.6 is 11.8 Å². The molecule has 1 rings (SSSR count). The average molecular weight is 278 g/mol. The summed E-state index contributed by atoms with van der Waals surface area (Å²) in [6.45, 7) is 2.05. The molecule has 0 aromatic carbocycles. The van der Waals surface area contributed by atoms with Gasteiger partial charge in [0.1, 0.15) is 6.61 Å². The normalized spacial score (nSPS) is 26.9. The molecule has 1 saturated heterocycles. The molecule has 0 bridgehead atoms. The Labute approximate surface area is 112 Å². The molecule has 0 aromatic heterocycles. The third-order valence-corrected chi connectivity index (χ3v) is 3.63. The van der Waals surface area contributed by atoms with Gasteiger partial charge in [0.15, 0.2) is 0 Å². The van der Waals surface area contributed by atoms with Gasteiger partial charge in [0.25, 0.3) is 0 Å². The van der Waals surface area contributed by atoms with Crippen LogP contribution in [0.25, 0.3) is 0 Å². The highest BCUT2D eigenvalue weighted by Crippen LogP contribution is 2.17. The van der Waals surface area contributed by atoms with Crippen LogP contribution in [-0.2, 0) is 14.3 Å². The van der Waals surface area contributed by atoms with E-state index in [1.807, 2.05) is 6.26 Å². The molecule has 0 spiro atoms. The van der Waals surface area contributed by atoms with Crippen molar-refractivity contribution in [3.63, 3.8) is 0 Å². The molecule has 2 N–H and O–H groups in total. The Hall–Kier alpha value is -0.300. The van der Waals surface area contributed by atoms with Crippen LogP contribution < -0.4 is 0 Å². The van der Waals surface area contributed by atoms with Crippen molar-refractivity contribution in [3.8, 4) is 0 Å². The molecular formula is C12H22O5S. The highest BCUT2D eigenvalue weighted by atomic mass is 32.2. The van der Waals surface area contributed by atoms with Crippen molar-refractivity contribution in [2.45, 2.75) is 38.1 Å². The fraction of sp³-hybridized carbons (Fsp3) is 0.917. The lowest BCUT2D eigenvalue weighted by molar-refractivity contribution is -0.155. The van der Waals surface area contributed by atoms with Gasteiger partial charge in [-0.2, -0.15) is 11.8 Å². The molecule has 0 radical (unpaired) electrons. The third-order valence-electron chi connectivity index (χ3n) is 2.99. The molecular weight excluding hydrogens is 256 g/mol. The first kappa shape index (κ1) is 15.8. The van der Waals surface area contributed by atoms with Crippen molar-refractivity contribution in [2.24, 2.45) is 5.92 Å². The molecule has 0 amide bonds. The molecule has 4 atom stereocenters. The minimum absolute atomic E-state index is 0.151. The molecule has 0 aromatic rings. The molecule has 106 valence electrons. The summed E-state index contributed by atoms with van der Waals surface area (Å²) in [5.74, 6) is -0.0589. The highest BCUT2D eigenvalue weighted by molar-refractivity contribution is 7.98. The van der Waals surface area contributed by atoms with Crippen molar-refractivity contribution in [1.29, 1.82) is 0 Å². The monoisotopic (exact) mass is 278 g/mol. The van der Waals surface area contributed by atoms with E-state index in [9.17, 15) is 15.0 Å². The van der Waals surface area contributed by atoms with Crippen molar-refractivity contribution in [1.82, 2.24) is 0 Å². The summed E-state index contributed by atoms with van der Waals surface area (Å²) in [5.41, 5.74) is 0. The summed E-state index contributed by atoms with van der Waals surface area (Å²) in [6.07, 6.45) is 1.66. The van der Waals surface area contributed by atoms with Crippen LogP contribution in [0.2, 0.25) is 0 Å². The molecule has 0 aliphatic carbocycles. The van der Waals surface area contributed by atoms with Crippen LogP contribution in [0.5, 0.6) is 0 Å². The van der Waals surface area contributed by atoms with E-state index >= 15 is 0 Å². The molecule has 0 unspecified atom stereocenters. The SMILES string of the molecule is CSCC[C@@H](C(=O)OC[C@@H]1C[C@H](O)CO1)[C@@H](C)O. The topological polar surface area (TPSA) is 76.0 Å². The smallest absolute Gasteiger partial charge is 0.311 e. The summed E-state index contributed by atoms with van der Waals surface area (Å²) in [5, 5.41) is 18.8. The Kier molecular flexibility index (Phi) is 6.99. The number of rotatable bonds is 7. The van der Waals surface area contributed by atoms with Crippen LogP contribution in [0.3, 0.4) is 0 Å². The number of esters is 1. The zero-order chi connectivity index (χ0) is 13.5. The maximum absolute atomic E-state index is 11.8. The second-order valence-electron chi connectivity index (χ2n) is 4.60. The maximum Gasteiger partial charge on any atom is 0.311 e. The number of thioether (sulfide) groups is 1. The van der Waals surface area contributed by atoms with Crippen molar-refractivity contribution < 1.29 is 24.5 Å². The zero-order valence-electron chi connectivity index (χ0n) is 10.9. The van der Waals surface area contributed by atoms with Gasteiger partial charge in [0.2, 0.25) is 0 Å². The molecule has 0 saturated carbocycles. The number of aliphatic hydroxyl groups is 2. The molecule has 6 heteroatoms. The van der Waals surface area contributed by atoms with E-state index in [1.165, 1.54) is 0 Å². The molecule has 1 fully saturated rings. The Morgan fingerprint density at radius 2 is 2.33 bits per heavy atom. The van der Waals surface area contributed by atoms with E-state index in [0.29, 0.717) is 19.4 Å².